The van der Waals surface area contributed by atoms with E-state index in [9.17, 15) is 44.1 Å². The molecule has 326 valence electrons. The molecule has 2 aliphatic heterocycles. The van der Waals surface area contributed by atoms with Crippen molar-refractivity contribution in [2.45, 2.75) is 50.6 Å². The number of methoxy groups -OCH3 is 1. The Kier molecular flexibility index (Phi) is 19.6. The fourth-order valence-electron chi connectivity index (χ4n) is 7.08. The molecule has 4 aromatic rings. The highest BCUT2D eigenvalue weighted by molar-refractivity contribution is 7.59. The summed E-state index contributed by atoms with van der Waals surface area (Å²) in [5.41, 5.74) is 0.670. The number of nitrogens with zero attached hydrogens (tertiary/aromatic N) is 2. The molecule has 17 heteroatoms. The zero-order valence-electron chi connectivity index (χ0n) is 33.5. The van der Waals surface area contributed by atoms with Crippen molar-refractivity contribution in [3.8, 4) is 34.5 Å². The van der Waals surface area contributed by atoms with Gasteiger partial charge in [-0.2, -0.15) is 27.0 Å². The van der Waals surface area contributed by atoms with Gasteiger partial charge in [0.15, 0.2) is 31.9 Å². The van der Waals surface area contributed by atoms with Crippen molar-refractivity contribution in [3.05, 3.63) is 106 Å². The van der Waals surface area contributed by atoms with E-state index < -0.39 is 0 Å². The number of hydrogen-bond donors (Lipinski definition) is 3. The predicted octanol–water partition coefficient (Wildman–Crippen LogP) is 6.10. The molecule has 0 saturated carbocycles. The number of phenols is 3. The molecule has 61 heavy (non-hydrogen) atoms. The Morgan fingerprint density at radius 1 is 0.557 bits per heavy atom. The van der Waals surface area contributed by atoms with Crippen LogP contribution in [-0.4, -0.2) is 114 Å². The van der Waals surface area contributed by atoms with Crippen LogP contribution in [0.3, 0.4) is 0 Å². The summed E-state index contributed by atoms with van der Waals surface area (Å²) in [6, 6.07) is 17.9. The summed E-state index contributed by atoms with van der Waals surface area (Å²) in [5.74, 6) is -0.408. The normalized spacial score (nSPS) is 15.6. The van der Waals surface area contributed by atoms with Gasteiger partial charge in [-0.15, -0.1) is 0 Å². The minimum Gasteiger partial charge on any atom is -0.507 e. The van der Waals surface area contributed by atoms with Gasteiger partial charge in [0.05, 0.1) is 45.5 Å². The molecule has 3 N–H and O–H groups in total. The summed E-state index contributed by atoms with van der Waals surface area (Å²) in [6.45, 7) is 1.29. The third kappa shape index (κ3) is 12.0. The molecule has 15 nitrogen and oxygen atoms in total. The van der Waals surface area contributed by atoms with Crippen molar-refractivity contribution in [1.29, 1.82) is 0 Å². The van der Waals surface area contributed by atoms with Gasteiger partial charge in [0.25, 0.3) is 11.8 Å². The molecule has 0 aromatic heterocycles. The molecule has 0 aliphatic carbocycles. The Morgan fingerprint density at radius 3 is 1.36 bits per heavy atom. The second-order valence-corrected chi connectivity index (χ2v) is 13.8. The predicted molar refractivity (Wildman–Crippen MR) is 234 cm³/mol. The Labute approximate surface area is 367 Å². The van der Waals surface area contributed by atoms with Gasteiger partial charge in [0.2, 0.25) is 0 Å². The zero-order chi connectivity index (χ0) is 42.3. The Balaban J connectivity index is 0.000000316. The lowest BCUT2D eigenvalue weighted by atomic mass is 9.99. The average Bonchev–Trinajstić information content (AvgIpc) is 3.26. The maximum atomic E-state index is 13.3. The standard InChI is InChI=1S/C23H25NO7.C21H21NO6.2H2S/c1-29-15-31-21-9-4-7-17(18(21)12-25)23(28)24-11-3-2-6-16(24)14-30-22-10-5-8-20(27)19(22)13-26;23-11-16-15(6-3-7-18(16)25)21(27)22-10-2-1-5-14(22)13-28-20-9-4-8-19(26)17(20)12-24;;/h4-5,7-10,12-13,16,27H,2-3,6,11,14-15H2,1H3;3-4,6-9,11-12,14,25-26H,1-2,5,10,13H2;2*1H2/t16-;14-;;/m00../s1. The highest BCUT2D eigenvalue weighted by Gasteiger charge is 2.32. The van der Waals surface area contributed by atoms with Gasteiger partial charge in [-0.25, -0.2) is 0 Å². The molecule has 2 amide bonds. The van der Waals surface area contributed by atoms with Crippen LogP contribution in [0.1, 0.15) is 101 Å². The number of phenolic OH excluding ortho intramolecular Hbond substituents is 3. The van der Waals surface area contributed by atoms with Crippen molar-refractivity contribution in [2.24, 2.45) is 0 Å². The van der Waals surface area contributed by atoms with Gasteiger partial charge < -0.3 is 44.1 Å². The topological polar surface area (TPSA) is 207 Å². The molecule has 2 fully saturated rings. The Morgan fingerprint density at radius 2 is 0.934 bits per heavy atom. The molecule has 2 saturated heterocycles. The Hall–Kier alpha value is -6.04. The molecule has 2 heterocycles. The summed E-state index contributed by atoms with van der Waals surface area (Å²) < 4.78 is 21.8. The number of benzene rings is 4. The largest absolute Gasteiger partial charge is 0.507 e. The van der Waals surface area contributed by atoms with Gasteiger partial charge in [-0.1, -0.05) is 24.3 Å². The first kappa shape index (κ1) is 49.3. The first-order valence-electron chi connectivity index (χ1n) is 19.1. The molecule has 2 atom stereocenters. The number of aromatic hydroxyl groups is 3. The van der Waals surface area contributed by atoms with E-state index in [-0.39, 0.29) is 139 Å². The lowest BCUT2D eigenvalue weighted by Gasteiger charge is -2.36. The number of carbonyl (C=O) groups excluding carboxylic acids is 6. The lowest BCUT2D eigenvalue weighted by molar-refractivity contribution is 0.0486. The quantitative estimate of drug-likeness (QED) is 0.0914. The second-order valence-electron chi connectivity index (χ2n) is 13.8. The van der Waals surface area contributed by atoms with Crippen LogP contribution >= 0.6 is 27.0 Å². The molecule has 0 unspecified atom stereocenters. The minimum atomic E-state index is -0.349. The van der Waals surface area contributed by atoms with E-state index in [4.69, 9.17) is 18.9 Å². The van der Waals surface area contributed by atoms with Crippen molar-refractivity contribution < 1.29 is 63.0 Å². The second kappa shape index (κ2) is 24.3. The van der Waals surface area contributed by atoms with Crippen LogP contribution in [0.5, 0.6) is 34.5 Å². The van der Waals surface area contributed by atoms with Crippen LogP contribution in [0.2, 0.25) is 0 Å². The van der Waals surface area contributed by atoms with Gasteiger partial charge in [0.1, 0.15) is 47.7 Å². The van der Waals surface area contributed by atoms with E-state index in [1.807, 2.05) is 0 Å². The van der Waals surface area contributed by atoms with E-state index in [1.54, 1.807) is 52.3 Å². The monoisotopic (exact) mass is 878 g/mol. The van der Waals surface area contributed by atoms with Crippen LogP contribution in [0.25, 0.3) is 0 Å². The maximum absolute atomic E-state index is 13.3. The molecule has 0 bridgehead atoms. The van der Waals surface area contributed by atoms with E-state index in [1.165, 1.54) is 37.4 Å². The molecule has 6 rings (SSSR count). The summed E-state index contributed by atoms with van der Waals surface area (Å²) >= 11 is 0. The van der Waals surface area contributed by atoms with Crippen molar-refractivity contribution in [1.82, 2.24) is 9.80 Å². The fourth-order valence-corrected chi connectivity index (χ4v) is 7.08. The molecule has 4 aromatic carbocycles. The molecule has 0 radical (unpaired) electrons. The Bertz CT molecular complexity index is 2150. The number of amides is 2. The number of rotatable bonds is 15. The number of aldehydes is 4. The van der Waals surface area contributed by atoms with Crippen LogP contribution in [0, 0.1) is 0 Å². The van der Waals surface area contributed by atoms with Gasteiger partial charge in [0, 0.05) is 20.2 Å². The molecular formula is C44H50N2O13S2. The van der Waals surface area contributed by atoms with Crippen LogP contribution in [0.4, 0.5) is 0 Å². The number of ether oxygens (including phenoxy) is 4. The SMILES string of the molecule is COCOc1cccc(C(=O)N2CCCC[C@H]2COc2cccc(O)c2C=O)c1C=O.O=Cc1c(O)cccc1OC[C@@H]1CCCCN1C(=O)c1cccc(O)c1C=O.S.S. The van der Waals surface area contributed by atoms with Gasteiger partial charge in [-0.05, 0) is 87.1 Å². The number of hydrogen-bond acceptors (Lipinski definition) is 13. The van der Waals surface area contributed by atoms with Gasteiger partial charge in [-0.3, -0.25) is 28.8 Å². The first-order valence-corrected chi connectivity index (χ1v) is 19.1. The number of likely N-dealkylation sites (tertiary alicyclic amines) is 2. The third-order valence-corrected chi connectivity index (χ3v) is 10.1. The molecule has 0 spiro atoms. The minimum absolute atomic E-state index is 0. The van der Waals surface area contributed by atoms with Crippen LogP contribution in [0.15, 0.2) is 72.8 Å². The summed E-state index contributed by atoms with van der Waals surface area (Å²) in [7, 11) is 1.47. The van der Waals surface area contributed by atoms with E-state index in [2.05, 4.69) is 0 Å². The number of carbonyl (C=O) groups is 6. The average molecular weight is 879 g/mol. The zero-order valence-corrected chi connectivity index (χ0v) is 35.5. The number of piperidine rings is 2. The summed E-state index contributed by atoms with van der Waals surface area (Å²) in [4.78, 5) is 75.2. The first-order chi connectivity index (χ1) is 28.7. The fraction of sp³-hybridized carbons (Fsp3) is 0.318. The van der Waals surface area contributed by atoms with Crippen molar-refractivity contribution in [3.63, 3.8) is 0 Å². The van der Waals surface area contributed by atoms with Crippen LogP contribution < -0.4 is 14.2 Å². The third-order valence-electron chi connectivity index (χ3n) is 10.1. The van der Waals surface area contributed by atoms with Gasteiger partial charge >= 0.3 is 0 Å². The van der Waals surface area contributed by atoms with E-state index in [0.717, 1.165) is 32.1 Å². The van der Waals surface area contributed by atoms with E-state index in [0.29, 0.717) is 44.7 Å². The van der Waals surface area contributed by atoms with E-state index >= 15 is 0 Å². The highest BCUT2D eigenvalue weighted by Crippen LogP contribution is 2.31. The summed E-state index contributed by atoms with van der Waals surface area (Å²) in [5, 5.41) is 29.5. The summed E-state index contributed by atoms with van der Waals surface area (Å²) in [6.07, 6.45) is 7.07. The van der Waals surface area contributed by atoms with Crippen molar-refractivity contribution in [2.75, 3.05) is 40.2 Å². The molecular weight excluding hydrogens is 829 g/mol. The maximum Gasteiger partial charge on any atom is 0.255 e. The van der Waals surface area contributed by atoms with Crippen LogP contribution in [-0.2, 0) is 4.74 Å². The lowest BCUT2D eigenvalue weighted by Crippen LogP contribution is -2.47. The molecule has 2 aliphatic rings. The smallest absolute Gasteiger partial charge is 0.255 e. The van der Waals surface area contributed by atoms with Crippen molar-refractivity contribution >= 4 is 64.0 Å². The highest BCUT2D eigenvalue weighted by atomic mass is 32.1.